The molecule has 1 heterocycles. The fraction of sp³-hybridized carbons (Fsp3) is 0.769. The van der Waals surface area contributed by atoms with Gasteiger partial charge < -0.3 is 9.84 Å². The Morgan fingerprint density at radius 3 is 1.90 bits per heavy atom. The molecule has 3 aliphatic rings. The van der Waals surface area contributed by atoms with Crippen molar-refractivity contribution >= 4 is 0 Å². The minimum Gasteiger partial charge on any atom is -0.505 e. The van der Waals surface area contributed by atoms with E-state index in [1.165, 1.54) is 64.2 Å². The molecule has 0 aromatic carbocycles. The van der Waals surface area contributed by atoms with Gasteiger partial charge in [-0.25, -0.2) is 4.39 Å². The maximum atomic E-state index is 14.1. The number of rotatable bonds is 7. The van der Waals surface area contributed by atoms with Crippen LogP contribution in [0.2, 0.25) is 0 Å². The van der Waals surface area contributed by atoms with Crippen LogP contribution >= 0.6 is 0 Å². The van der Waals surface area contributed by atoms with Crippen LogP contribution in [0.15, 0.2) is 36.1 Å². The predicted molar refractivity (Wildman–Crippen MR) is 118 cm³/mol. The molecule has 170 valence electrons. The summed E-state index contributed by atoms with van der Waals surface area (Å²) in [4.78, 5) is 0. The molecule has 3 rings (SSSR count). The Morgan fingerprint density at radius 2 is 1.40 bits per heavy atom. The number of hydrogen-bond acceptors (Lipinski definition) is 2. The van der Waals surface area contributed by atoms with Gasteiger partial charge in [-0.1, -0.05) is 45.8 Å². The summed E-state index contributed by atoms with van der Waals surface area (Å²) >= 11 is 0. The van der Waals surface area contributed by atoms with Crippen LogP contribution in [-0.4, -0.2) is 17.8 Å². The summed E-state index contributed by atoms with van der Waals surface area (Å²) in [6, 6.07) is 0. The highest BCUT2D eigenvalue weighted by Gasteiger charge is 2.36. The van der Waals surface area contributed by atoms with Crippen LogP contribution in [0.4, 0.5) is 8.78 Å². The zero-order valence-electron chi connectivity index (χ0n) is 18.7. The second-order valence-corrected chi connectivity index (χ2v) is 9.99. The van der Waals surface area contributed by atoms with E-state index < -0.39 is 17.4 Å². The molecule has 3 fully saturated rings. The molecule has 0 amide bonds. The van der Waals surface area contributed by atoms with Gasteiger partial charge in [-0.2, -0.15) is 4.39 Å². The standard InChI is InChI=1S/C26H40F2O2/c1-4-5-19-6-8-20(9-7-19)21-10-12-22(13-11-21)24-15-14-23(16-30-24)17(2)25(27)26(28)18(3)29/h19-24,29H,2-16H2,1H3/b26-25-. The maximum absolute atomic E-state index is 14.1. The summed E-state index contributed by atoms with van der Waals surface area (Å²) in [5.74, 6) is -0.128. The summed E-state index contributed by atoms with van der Waals surface area (Å²) in [5, 5.41) is 9.06. The van der Waals surface area contributed by atoms with Gasteiger partial charge >= 0.3 is 0 Å². The number of halogens is 2. The van der Waals surface area contributed by atoms with Crippen molar-refractivity contribution in [3.63, 3.8) is 0 Å². The summed E-state index contributed by atoms with van der Waals surface area (Å²) in [6.07, 6.45) is 15.5. The van der Waals surface area contributed by atoms with Gasteiger partial charge in [0.05, 0.1) is 12.7 Å². The number of ether oxygens (including phenoxy) is 1. The van der Waals surface area contributed by atoms with Crippen molar-refractivity contribution in [2.24, 2.45) is 29.6 Å². The highest BCUT2D eigenvalue weighted by atomic mass is 19.2. The monoisotopic (exact) mass is 422 g/mol. The second-order valence-electron chi connectivity index (χ2n) is 9.99. The molecule has 0 spiro atoms. The molecule has 1 saturated heterocycles. The third kappa shape index (κ3) is 5.75. The minimum atomic E-state index is -1.32. The molecule has 1 N–H and O–H groups in total. The normalized spacial score (nSPS) is 36.1. The zero-order chi connectivity index (χ0) is 21.7. The van der Waals surface area contributed by atoms with Gasteiger partial charge in [0.15, 0.2) is 11.7 Å². The van der Waals surface area contributed by atoms with Crippen LogP contribution in [0, 0.1) is 29.6 Å². The van der Waals surface area contributed by atoms with E-state index in [0.29, 0.717) is 12.5 Å². The minimum absolute atomic E-state index is 0.0727. The van der Waals surface area contributed by atoms with E-state index in [1.807, 2.05) is 0 Å². The largest absolute Gasteiger partial charge is 0.505 e. The molecule has 2 unspecified atom stereocenters. The van der Waals surface area contributed by atoms with Gasteiger partial charge in [0.1, 0.15) is 5.76 Å². The molecular formula is C26H40F2O2. The molecule has 2 nitrogen and oxygen atoms in total. The molecule has 2 saturated carbocycles. The molecule has 1 aliphatic heterocycles. The van der Waals surface area contributed by atoms with Gasteiger partial charge in [0, 0.05) is 5.92 Å². The second kappa shape index (κ2) is 10.9. The number of hydrogen-bond donors (Lipinski definition) is 1. The first-order valence-corrected chi connectivity index (χ1v) is 12.1. The van der Waals surface area contributed by atoms with Crippen LogP contribution in [0.3, 0.4) is 0 Å². The summed E-state index contributed by atoms with van der Waals surface area (Å²) in [6.45, 7) is 9.41. The van der Waals surface area contributed by atoms with E-state index in [0.717, 1.165) is 30.6 Å². The van der Waals surface area contributed by atoms with E-state index in [9.17, 15) is 8.78 Å². The zero-order valence-corrected chi connectivity index (χ0v) is 18.7. The van der Waals surface area contributed by atoms with E-state index in [2.05, 4.69) is 20.1 Å². The Kier molecular flexibility index (Phi) is 8.56. The van der Waals surface area contributed by atoms with Gasteiger partial charge in [-0.15, -0.1) is 0 Å². The molecule has 2 aliphatic carbocycles. The van der Waals surface area contributed by atoms with E-state index in [-0.39, 0.29) is 17.6 Å². The van der Waals surface area contributed by atoms with E-state index >= 15 is 0 Å². The van der Waals surface area contributed by atoms with Crippen molar-refractivity contribution in [1.82, 2.24) is 0 Å². The lowest BCUT2D eigenvalue weighted by molar-refractivity contribution is -0.0538. The summed E-state index contributed by atoms with van der Waals surface area (Å²) < 4.78 is 33.8. The topological polar surface area (TPSA) is 29.5 Å². The van der Waals surface area contributed by atoms with Crippen LogP contribution < -0.4 is 0 Å². The molecule has 0 aromatic rings. The SMILES string of the molecule is C=C(O)/C(F)=C(/F)C(=C)C1CCC(C2CCC(C3CCC(CCC)CC3)CC2)OC1. The first kappa shape index (κ1) is 23.5. The average Bonchev–Trinajstić information content (AvgIpc) is 2.78. The van der Waals surface area contributed by atoms with Crippen molar-refractivity contribution in [1.29, 1.82) is 0 Å². The fourth-order valence-corrected chi connectivity index (χ4v) is 6.21. The van der Waals surface area contributed by atoms with Crippen LogP contribution in [0.5, 0.6) is 0 Å². The van der Waals surface area contributed by atoms with Crippen LogP contribution in [0.25, 0.3) is 0 Å². The highest BCUT2D eigenvalue weighted by Crippen LogP contribution is 2.44. The highest BCUT2D eigenvalue weighted by molar-refractivity contribution is 5.33. The first-order chi connectivity index (χ1) is 14.4. The summed E-state index contributed by atoms with van der Waals surface area (Å²) in [7, 11) is 0. The van der Waals surface area contributed by atoms with E-state index in [4.69, 9.17) is 9.84 Å². The Bertz CT molecular complexity index is 617. The molecule has 4 heteroatoms. The lowest BCUT2D eigenvalue weighted by Gasteiger charge is -2.41. The third-order valence-electron chi connectivity index (χ3n) is 8.13. The Balaban J connectivity index is 1.41. The first-order valence-electron chi connectivity index (χ1n) is 12.1. The molecule has 2 atom stereocenters. The number of allylic oxidation sites excluding steroid dienone is 2. The van der Waals surface area contributed by atoms with E-state index in [1.54, 1.807) is 0 Å². The van der Waals surface area contributed by atoms with Crippen molar-refractivity contribution < 1.29 is 18.6 Å². The molecule has 0 aromatic heterocycles. The molecule has 30 heavy (non-hydrogen) atoms. The Hall–Kier alpha value is -1.16. The van der Waals surface area contributed by atoms with Crippen LogP contribution in [-0.2, 0) is 4.74 Å². The van der Waals surface area contributed by atoms with Crippen molar-refractivity contribution in [3.05, 3.63) is 36.1 Å². The number of aliphatic hydroxyl groups excluding tert-OH is 1. The Labute approximate surface area is 181 Å². The quantitative estimate of drug-likeness (QED) is 0.333. The van der Waals surface area contributed by atoms with Crippen LogP contribution in [0.1, 0.15) is 84.0 Å². The molecular weight excluding hydrogens is 382 g/mol. The smallest absolute Gasteiger partial charge is 0.199 e. The predicted octanol–water partition coefficient (Wildman–Crippen LogP) is 7.97. The molecule has 0 radical (unpaired) electrons. The van der Waals surface area contributed by atoms with Crippen molar-refractivity contribution in [2.75, 3.05) is 6.61 Å². The average molecular weight is 423 g/mol. The number of aliphatic hydroxyl groups is 1. The van der Waals surface area contributed by atoms with Gasteiger partial charge in [-0.3, -0.25) is 0 Å². The fourth-order valence-electron chi connectivity index (χ4n) is 6.21. The van der Waals surface area contributed by atoms with Gasteiger partial charge in [-0.05, 0) is 80.6 Å². The summed E-state index contributed by atoms with van der Waals surface area (Å²) in [5.41, 5.74) is 0.0727. The van der Waals surface area contributed by atoms with Gasteiger partial charge in [0.25, 0.3) is 0 Å². The lowest BCUT2D eigenvalue weighted by Crippen LogP contribution is -2.36. The van der Waals surface area contributed by atoms with Crippen molar-refractivity contribution in [2.45, 2.75) is 90.1 Å². The third-order valence-corrected chi connectivity index (χ3v) is 8.13. The van der Waals surface area contributed by atoms with Crippen molar-refractivity contribution in [3.8, 4) is 0 Å². The molecule has 0 bridgehead atoms. The van der Waals surface area contributed by atoms with Gasteiger partial charge in [0.2, 0.25) is 0 Å². The maximum Gasteiger partial charge on any atom is 0.199 e. The Morgan fingerprint density at radius 1 is 0.833 bits per heavy atom. The lowest BCUT2D eigenvalue weighted by atomic mass is 9.67.